The first-order valence-corrected chi connectivity index (χ1v) is 6.53. The van der Waals surface area contributed by atoms with Crippen LogP contribution in [0.2, 0.25) is 0 Å². The van der Waals surface area contributed by atoms with E-state index in [1.54, 1.807) is 13.2 Å². The fourth-order valence-corrected chi connectivity index (χ4v) is 1.65. The third kappa shape index (κ3) is 6.66. The van der Waals surface area contributed by atoms with E-state index in [1.807, 2.05) is 6.07 Å². The lowest BCUT2D eigenvalue weighted by Crippen LogP contribution is -2.39. The SMILES string of the molecule is COCCOC(CNC(C)(C)C)c1cccc(F)c1. The zero-order valence-electron chi connectivity index (χ0n) is 12.2. The molecule has 1 N–H and O–H groups in total. The van der Waals surface area contributed by atoms with Crippen LogP contribution in [0, 0.1) is 5.82 Å². The van der Waals surface area contributed by atoms with Gasteiger partial charge in [0.2, 0.25) is 0 Å². The minimum Gasteiger partial charge on any atom is -0.382 e. The molecule has 1 atom stereocenters. The molecule has 3 nitrogen and oxygen atoms in total. The highest BCUT2D eigenvalue weighted by molar-refractivity contribution is 5.19. The van der Waals surface area contributed by atoms with Gasteiger partial charge in [0.1, 0.15) is 5.82 Å². The Kier molecular flexibility index (Phi) is 6.42. The molecule has 1 unspecified atom stereocenters. The first-order chi connectivity index (χ1) is 8.92. The molecule has 0 aromatic heterocycles. The molecular formula is C15H24FNO2. The van der Waals surface area contributed by atoms with Gasteiger partial charge < -0.3 is 14.8 Å². The molecule has 19 heavy (non-hydrogen) atoms. The Balaban J connectivity index is 2.68. The molecule has 0 saturated heterocycles. The maximum Gasteiger partial charge on any atom is 0.123 e. The lowest BCUT2D eigenvalue weighted by Gasteiger charge is -2.26. The molecule has 0 aliphatic carbocycles. The lowest BCUT2D eigenvalue weighted by molar-refractivity contribution is 0.0138. The molecule has 0 heterocycles. The van der Waals surface area contributed by atoms with E-state index in [0.717, 1.165) is 5.56 Å². The molecular weight excluding hydrogens is 245 g/mol. The van der Waals surface area contributed by atoms with Crippen LogP contribution >= 0.6 is 0 Å². The van der Waals surface area contributed by atoms with E-state index in [1.165, 1.54) is 12.1 Å². The van der Waals surface area contributed by atoms with E-state index >= 15 is 0 Å². The largest absolute Gasteiger partial charge is 0.382 e. The molecule has 1 aromatic rings. The Morgan fingerprint density at radius 3 is 2.58 bits per heavy atom. The van der Waals surface area contributed by atoms with Crippen molar-refractivity contribution in [2.75, 3.05) is 26.9 Å². The summed E-state index contributed by atoms with van der Waals surface area (Å²) in [4.78, 5) is 0. The van der Waals surface area contributed by atoms with Crippen LogP contribution < -0.4 is 5.32 Å². The molecule has 0 saturated carbocycles. The van der Waals surface area contributed by atoms with Crippen molar-refractivity contribution >= 4 is 0 Å². The van der Waals surface area contributed by atoms with Gasteiger partial charge in [-0.3, -0.25) is 0 Å². The van der Waals surface area contributed by atoms with Crippen LogP contribution in [-0.4, -0.2) is 32.4 Å². The van der Waals surface area contributed by atoms with Gasteiger partial charge in [-0.2, -0.15) is 0 Å². The molecule has 4 heteroatoms. The summed E-state index contributed by atoms with van der Waals surface area (Å²) in [5, 5.41) is 3.38. The average Bonchev–Trinajstić information content (AvgIpc) is 2.32. The normalized spacial score (nSPS) is 13.5. The highest BCUT2D eigenvalue weighted by Gasteiger charge is 2.16. The van der Waals surface area contributed by atoms with Gasteiger partial charge in [-0.1, -0.05) is 12.1 Å². The van der Waals surface area contributed by atoms with Gasteiger partial charge >= 0.3 is 0 Å². The molecule has 1 aromatic carbocycles. The second kappa shape index (κ2) is 7.58. The number of methoxy groups -OCH3 is 1. The fourth-order valence-electron chi connectivity index (χ4n) is 1.65. The molecule has 0 fully saturated rings. The van der Waals surface area contributed by atoms with E-state index in [9.17, 15) is 4.39 Å². The predicted molar refractivity (Wildman–Crippen MR) is 74.7 cm³/mol. The van der Waals surface area contributed by atoms with Gasteiger partial charge in [-0.15, -0.1) is 0 Å². The van der Waals surface area contributed by atoms with E-state index < -0.39 is 0 Å². The summed E-state index contributed by atoms with van der Waals surface area (Å²) in [6.07, 6.45) is -0.176. The lowest BCUT2D eigenvalue weighted by atomic mass is 10.1. The van der Waals surface area contributed by atoms with Crippen LogP contribution in [0.15, 0.2) is 24.3 Å². The van der Waals surface area contributed by atoms with Gasteiger partial charge in [0.05, 0.1) is 19.3 Å². The molecule has 0 spiro atoms. The van der Waals surface area contributed by atoms with Crippen LogP contribution in [0.1, 0.15) is 32.4 Å². The highest BCUT2D eigenvalue weighted by Crippen LogP contribution is 2.18. The van der Waals surface area contributed by atoms with Gasteiger partial charge in [0.25, 0.3) is 0 Å². The first-order valence-electron chi connectivity index (χ1n) is 6.53. The van der Waals surface area contributed by atoms with Crippen molar-refractivity contribution in [3.8, 4) is 0 Å². The molecule has 0 aliphatic heterocycles. The van der Waals surface area contributed by atoms with E-state index in [4.69, 9.17) is 9.47 Å². The van der Waals surface area contributed by atoms with E-state index in [-0.39, 0.29) is 17.5 Å². The third-order valence-electron chi connectivity index (χ3n) is 2.64. The minimum absolute atomic E-state index is 0.00378. The van der Waals surface area contributed by atoms with Crippen molar-refractivity contribution in [2.24, 2.45) is 0 Å². The van der Waals surface area contributed by atoms with Crippen molar-refractivity contribution in [2.45, 2.75) is 32.4 Å². The molecule has 0 aliphatic rings. The van der Waals surface area contributed by atoms with Gasteiger partial charge in [-0.25, -0.2) is 4.39 Å². The number of hydrogen-bond acceptors (Lipinski definition) is 3. The Bertz CT molecular complexity index is 377. The van der Waals surface area contributed by atoms with Crippen molar-refractivity contribution < 1.29 is 13.9 Å². The van der Waals surface area contributed by atoms with Crippen molar-refractivity contribution in [3.63, 3.8) is 0 Å². The summed E-state index contributed by atoms with van der Waals surface area (Å²) >= 11 is 0. The maximum atomic E-state index is 13.3. The van der Waals surface area contributed by atoms with Crippen LogP contribution in [0.4, 0.5) is 4.39 Å². The standard InChI is InChI=1S/C15H24FNO2/c1-15(2,3)17-11-14(19-9-8-18-4)12-6-5-7-13(16)10-12/h5-7,10,14,17H,8-9,11H2,1-4H3. The third-order valence-corrected chi connectivity index (χ3v) is 2.64. The zero-order valence-corrected chi connectivity index (χ0v) is 12.2. The van der Waals surface area contributed by atoms with Crippen LogP contribution in [0.3, 0.4) is 0 Å². The predicted octanol–water partition coefficient (Wildman–Crippen LogP) is 2.92. The fraction of sp³-hybridized carbons (Fsp3) is 0.600. The van der Waals surface area contributed by atoms with E-state index in [0.29, 0.717) is 19.8 Å². The Hall–Kier alpha value is -0.970. The van der Waals surface area contributed by atoms with Crippen LogP contribution in [0.5, 0.6) is 0 Å². The maximum absolute atomic E-state index is 13.3. The summed E-state index contributed by atoms with van der Waals surface area (Å²) in [6, 6.07) is 6.54. The molecule has 1 rings (SSSR count). The summed E-state index contributed by atoms with van der Waals surface area (Å²) in [5.41, 5.74) is 0.837. The summed E-state index contributed by atoms with van der Waals surface area (Å²) in [5.74, 6) is -0.242. The van der Waals surface area contributed by atoms with Crippen LogP contribution in [-0.2, 0) is 9.47 Å². The van der Waals surface area contributed by atoms with E-state index in [2.05, 4.69) is 26.1 Å². The number of nitrogens with one attached hydrogen (secondary N) is 1. The van der Waals surface area contributed by atoms with Crippen LogP contribution in [0.25, 0.3) is 0 Å². The summed E-state index contributed by atoms with van der Waals surface area (Å²) < 4.78 is 24.0. The number of halogens is 1. The first kappa shape index (κ1) is 16.1. The monoisotopic (exact) mass is 269 g/mol. The Morgan fingerprint density at radius 2 is 2.00 bits per heavy atom. The van der Waals surface area contributed by atoms with Crippen molar-refractivity contribution in [1.82, 2.24) is 5.32 Å². The van der Waals surface area contributed by atoms with Crippen molar-refractivity contribution in [3.05, 3.63) is 35.6 Å². The number of rotatable bonds is 7. The Labute approximate surface area is 115 Å². The molecule has 0 radical (unpaired) electrons. The number of ether oxygens (including phenoxy) is 2. The van der Waals surface area contributed by atoms with Gasteiger partial charge in [0, 0.05) is 19.2 Å². The molecule has 0 amide bonds. The van der Waals surface area contributed by atoms with Crippen molar-refractivity contribution in [1.29, 1.82) is 0 Å². The number of hydrogen-bond donors (Lipinski definition) is 1. The summed E-state index contributed by atoms with van der Waals surface area (Å²) in [6.45, 7) is 7.92. The zero-order chi connectivity index (χ0) is 14.3. The number of benzene rings is 1. The second-order valence-corrected chi connectivity index (χ2v) is 5.54. The Morgan fingerprint density at radius 1 is 1.26 bits per heavy atom. The quantitative estimate of drug-likeness (QED) is 0.772. The van der Waals surface area contributed by atoms with Gasteiger partial charge in [0.15, 0.2) is 0 Å². The topological polar surface area (TPSA) is 30.5 Å². The molecule has 108 valence electrons. The average molecular weight is 269 g/mol. The minimum atomic E-state index is -0.242. The molecule has 0 bridgehead atoms. The smallest absolute Gasteiger partial charge is 0.123 e. The van der Waals surface area contributed by atoms with Gasteiger partial charge in [-0.05, 0) is 38.5 Å². The highest BCUT2D eigenvalue weighted by atomic mass is 19.1. The summed E-state index contributed by atoms with van der Waals surface area (Å²) in [7, 11) is 1.63. The second-order valence-electron chi connectivity index (χ2n) is 5.54.